The Balaban J connectivity index is 2.21. The molecule has 1 heterocycles. The van der Waals surface area contributed by atoms with Gasteiger partial charge in [0.2, 0.25) is 0 Å². The number of hydrogen-bond acceptors (Lipinski definition) is 3. The van der Waals surface area contributed by atoms with E-state index in [0.717, 1.165) is 0 Å². The Morgan fingerprint density at radius 1 is 1.35 bits per heavy atom. The second-order valence-electron chi connectivity index (χ2n) is 3.36. The Bertz CT molecular complexity index is 479. The topological polar surface area (TPSA) is 35.5 Å². The van der Waals surface area contributed by atoms with Crippen LogP contribution in [0.15, 0.2) is 36.6 Å². The minimum atomic E-state index is -4.68. The molecule has 1 atom stereocenters. The van der Waals surface area contributed by atoms with Gasteiger partial charge in [-0.15, -0.1) is 0 Å². The van der Waals surface area contributed by atoms with Gasteiger partial charge in [-0.2, -0.15) is 13.2 Å². The molecule has 0 saturated heterocycles. The second-order valence-corrected chi connectivity index (χ2v) is 3.36. The number of hydrogen-bond donors (Lipinski definition) is 0. The molecule has 0 amide bonds. The molecule has 1 aliphatic rings. The lowest BCUT2D eigenvalue weighted by atomic mass is 10.1. The average Bonchev–Trinajstić information content (AvgIpc) is 2.56. The fraction of sp³-hybridized carbons (Fsp3) is 0.182. The van der Waals surface area contributed by atoms with Gasteiger partial charge in [0.25, 0.3) is 6.29 Å². The van der Waals surface area contributed by atoms with Gasteiger partial charge in [0, 0.05) is 5.56 Å². The number of esters is 1. The summed E-state index contributed by atoms with van der Waals surface area (Å²) in [5.74, 6) is -2.10. The Labute approximate surface area is 94.4 Å². The third-order valence-corrected chi connectivity index (χ3v) is 2.21. The van der Waals surface area contributed by atoms with E-state index in [1.165, 1.54) is 12.1 Å². The van der Waals surface area contributed by atoms with Crippen LogP contribution in [0.2, 0.25) is 0 Å². The minimum Gasteiger partial charge on any atom is -0.446 e. The molecule has 0 bridgehead atoms. The molecule has 6 heteroatoms. The molecule has 2 rings (SSSR count). The Hall–Kier alpha value is -1.98. The van der Waals surface area contributed by atoms with Crippen LogP contribution < -0.4 is 0 Å². The highest BCUT2D eigenvalue weighted by molar-refractivity contribution is 5.93. The van der Waals surface area contributed by atoms with Crippen molar-refractivity contribution in [1.29, 1.82) is 0 Å². The molecular weight excluding hydrogens is 237 g/mol. The first-order chi connectivity index (χ1) is 7.89. The van der Waals surface area contributed by atoms with Crippen molar-refractivity contribution in [3.63, 3.8) is 0 Å². The summed E-state index contributed by atoms with van der Waals surface area (Å²) in [5.41, 5.74) is 0.468. The van der Waals surface area contributed by atoms with E-state index in [1.54, 1.807) is 12.1 Å². The monoisotopic (exact) mass is 244 g/mol. The zero-order chi connectivity index (χ0) is 12.6. The van der Waals surface area contributed by atoms with Crippen LogP contribution in [0.4, 0.5) is 13.2 Å². The lowest BCUT2D eigenvalue weighted by Gasteiger charge is -2.16. The van der Waals surface area contributed by atoms with E-state index < -0.39 is 24.2 Å². The minimum absolute atomic E-state index is 0.201. The van der Waals surface area contributed by atoms with E-state index in [4.69, 9.17) is 0 Å². The van der Waals surface area contributed by atoms with Crippen LogP contribution in [-0.4, -0.2) is 12.1 Å². The van der Waals surface area contributed by atoms with Crippen molar-refractivity contribution >= 4 is 5.97 Å². The zero-order valence-corrected chi connectivity index (χ0v) is 8.45. The Morgan fingerprint density at radius 2 is 2.00 bits per heavy atom. The molecule has 1 aliphatic heterocycles. The van der Waals surface area contributed by atoms with Gasteiger partial charge >= 0.3 is 12.1 Å². The van der Waals surface area contributed by atoms with E-state index >= 15 is 0 Å². The molecule has 1 aromatic carbocycles. The van der Waals surface area contributed by atoms with Crippen molar-refractivity contribution in [2.45, 2.75) is 12.5 Å². The third-order valence-electron chi connectivity index (χ3n) is 2.21. The summed E-state index contributed by atoms with van der Waals surface area (Å²) in [5, 5.41) is 0. The number of alkyl halides is 3. The number of halogens is 3. The zero-order valence-electron chi connectivity index (χ0n) is 8.45. The number of rotatable bonds is 2. The quantitative estimate of drug-likeness (QED) is 0.592. The molecule has 90 valence electrons. The van der Waals surface area contributed by atoms with Crippen molar-refractivity contribution in [2.24, 2.45) is 0 Å². The summed E-state index contributed by atoms with van der Waals surface area (Å²) in [4.78, 5) is 11.3. The number of cyclic esters (lactones) is 1. The van der Waals surface area contributed by atoms with Crippen LogP contribution in [-0.2, 0) is 9.47 Å². The predicted octanol–water partition coefficient (Wildman–Crippen LogP) is 2.95. The molecule has 1 unspecified atom stereocenters. The number of carbonyl (C=O) groups excluding carboxylic acids is 1. The molecule has 0 radical (unpaired) electrons. The van der Waals surface area contributed by atoms with Gasteiger partial charge < -0.3 is 9.47 Å². The summed E-state index contributed by atoms with van der Waals surface area (Å²) in [7, 11) is 0. The first-order valence-corrected chi connectivity index (χ1v) is 4.62. The van der Waals surface area contributed by atoms with E-state index in [1.807, 2.05) is 0 Å². The molecule has 0 N–H and O–H groups in total. The molecule has 0 aliphatic carbocycles. The van der Waals surface area contributed by atoms with Crippen molar-refractivity contribution in [1.82, 2.24) is 0 Å². The molecule has 0 spiro atoms. The Morgan fingerprint density at radius 3 is 2.65 bits per heavy atom. The van der Waals surface area contributed by atoms with Gasteiger partial charge in [0.15, 0.2) is 5.76 Å². The average molecular weight is 244 g/mol. The first-order valence-electron chi connectivity index (χ1n) is 4.62. The Kier molecular flexibility index (Phi) is 2.57. The maximum absolute atomic E-state index is 12.2. The number of ether oxygens (including phenoxy) is 2. The fourth-order valence-corrected chi connectivity index (χ4v) is 1.40. The van der Waals surface area contributed by atoms with Crippen LogP contribution >= 0.6 is 0 Å². The van der Waals surface area contributed by atoms with Crippen molar-refractivity contribution in [2.75, 3.05) is 0 Å². The first kappa shape index (κ1) is 11.5. The van der Waals surface area contributed by atoms with Crippen molar-refractivity contribution < 1.29 is 27.4 Å². The van der Waals surface area contributed by atoms with Crippen molar-refractivity contribution in [3.05, 3.63) is 47.7 Å². The summed E-state index contributed by atoms with van der Waals surface area (Å²) >= 11 is 0. The molecule has 0 fully saturated rings. The second kappa shape index (κ2) is 3.80. The van der Waals surface area contributed by atoms with E-state index in [9.17, 15) is 18.0 Å². The van der Waals surface area contributed by atoms with Gasteiger partial charge in [-0.25, -0.2) is 4.79 Å². The van der Waals surface area contributed by atoms with Crippen LogP contribution in [0, 0.1) is 0 Å². The lowest BCUT2D eigenvalue weighted by molar-refractivity contribution is -0.170. The standard InChI is InChI=1S/C11H7F3O3/c1-6(11(12,13)14)16-10-8-5-3-2-4-7(8)9(15)17-10/h2-5,10H,1H2. The largest absolute Gasteiger partial charge is 0.448 e. The van der Waals surface area contributed by atoms with Gasteiger partial charge in [-0.3, -0.25) is 0 Å². The highest BCUT2D eigenvalue weighted by Gasteiger charge is 2.39. The number of fused-ring (bicyclic) bond motifs is 1. The molecule has 0 saturated carbocycles. The van der Waals surface area contributed by atoms with Crippen LogP contribution in [0.1, 0.15) is 22.2 Å². The SMILES string of the molecule is C=C(OC1OC(=O)c2ccccc21)C(F)(F)F. The summed E-state index contributed by atoms with van der Waals surface area (Å²) in [6, 6.07) is 6.08. The van der Waals surface area contributed by atoms with Crippen LogP contribution in [0.5, 0.6) is 0 Å². The van der Waals surface area contributed by atoms with Gasteiger partial charge in [0.05, 0.1) is 5.56 Å². The third kappa shape index (κ3) is 2.11. The predicted molar refractivity (Wildman–Crippen MR) is 50.9 cm³/mol. The van der Waals surface area contributed by atoms with Crippen LogP contribution in [0.25, 0.3) is 0 Å². The maximum atomic E-state index is 12.2. The molecule has 0 aromatic heterocycles. The van der Waals surface area contributed by atoms with Crippen molar-refractivity contribution in [3.8, 4) is 0 Å². The highest BCUT2D eigenvalue weighted by Crippen LogP contribution is 2.36. The maximum Gasteiger partial charge on any atom is 0.448 e. The fourth-order valence-electron chi connectivity index (χ4n) is 1.40. The van der Waals surface area contributed by atoms with E-state index in [2.05, 4.69) is 16.1 Å². The normalized spacial score (nSPS) is 18.5. The van der Waals surface area contributed by atoms with Crippen LogP contribution in [0.3, 0.4) is 0 Å². The van der Waals surface area contributed by atoms with E-state index in [-0.39, 0.29) is 11.1 Å². The highest BCUT2D eigenvalue weighted by atomic mass is 19.4. The summed E-state index contributed by atoms with van der Waals surface area (Å²) in [6.07, 6.45) is -6.06. The number of carbonyl (C=O) groups is 1. The van der Waals surface area contributed by atoms with Gasteiger partial charge in [-0.05, 0) is 6.07 Å². The molecule has 3 nitrogen and oxygen atoms in total. The molecular formula is C11H7F3O3. The van der Waals surface area contributed by atoms with Gasteiger partial charge in [0.1, 0.15) is 0 Å². The summed E-state index contributed by atoms with van der Waals surface area (Å²) in [6.45, 7) is 2.75. The number of allylic oxidation sites excluding steroid dienone is 1. The molecule has 1 aromatic rings. The smallest absolute Gasteiger partial charge is 0.446 e. The molecule has 17 heavy (non-hydrogen) atoms. The lowest BCUT2D eigenvalue weighted by Crippen LogP contribution is -2.16. The van der Waals surface area contributed by atoms with E-state index in [0.29, 0.717) is 0 Å². The van der Waals surface area contributed by atoms with Gasteiger partial charge in [-0.1, -0.05) is 24.8 Å². The summed E-state index contributed by atoms with van der Waals surface area (Å²) < 4.78 is 45.8. The number of benzene rings is 1.